The predicted molar refractivity (Wildman–Crippen MR) is 141 cm³/mol. The quantitative estimate of drug-likeness (QED) is 0.399. The van der Waals surface area contributed by atoms with E-state index in [1.807, 2.05) is 0 Å². The van der Waals surface area contributed by atoms with Gasteiger partial charge in [0.05, 0.1) is 4.08 Å². The van der Waals surface area contributed by atoms with Crippen LogP contribution in [0.5, 0.6) is 0 Å². The lowest BCUT2D eigenvalue weighted by molar-refractivity contribution is -0.114. The third-order valence-electron chi connectivity index (χ3n) is 11.7. The molecule has 4 aliphatic carbocycles. The van der Waals surface area contributed by atoms with Crippen molar-refractivity contribution in [3.8, 4) is 0 Å². The molecule has 2 heteroatoms. The van der Waals surface area contributed by atoms with Crippen LogP contribution in [0.1, 0.15) is 112 Å². The van der Waals surface area contributed by atoms with Gasteiger partial charge in [-0.25, -0.2) is 0 Å². The molecule has 0 N–H and O–H groups in total. The van der Waals surface area contributed by atoms with E-state index in [0.29, 0.717) is 14.9 Å². The van der Waals surface area contributed by atoms with E-state index in [2.05, 4.69) is 58.1 Å². The summed E-state index contributed by atoms with van der Waals surface area (Å²) < 4.78 is 0.629. The summed E-state index contributed by atoms with van der Waals surface area (Å²) in [6.45, 7) is 13.0. The van der Waals surface area contributed by atoms with Gasteiger partial charge in [0.15, 0.2) is 0 Å². The smallest absolute Gasteiger partial charge is 0.0614 e. The van der Waals surface area contributed by atoms with Crippen LogP contribution in [0.25, 0.3) is 0 Å². The Morgan fingerprint density at radius 3 is 2.26 bits per heavy atom. The Kier molecular flexibility index (Phi) is 6.60. The van der Waals surface area contributed by atoms with Crippen molar-refractivity contribution < 1.29 is 0 Å². The Morgan fingerprint density at radius 1 is 0.774 bits per heavy atom. The molecule has 1 spiro atoms. The molecule has 0 aromatic rings. The highest BCUT2D eigenvalue weighted by Crippen LogP contribution is 2.70. The molecule has 1 saturated heterocycles. The molecule has 5 fully saturated rings. The Balaban J connectivity index is 1.28. The molecule has 0 aromatic heterocycles. The van der Waals surface area contributed by atoms with E-state index in [1.165, 1.54) is 43.6 Å². The maximum Gasteiger partial charge on any atom is 0.0614 e. The minimum atomic E-state index is 0.629. The molecule has 5 aliphatic rings. The fourth-order valence-electron chi connectivity index (χ4n) is 9.98. The Hall–Kier alpha value is 0.700. The van der Waals surface area contributed by atoms with Gasteiger partial charge in [-0.2, -0.15) is 0 Å². The molecule has 0 nitrogen and oxygen atoms in total. The van der Waals surface area contributed by atoms with Crippen molar-refractivity contribution in [1.29, 1.82) is 0 Å². The minimum absolute atomic E-state index is 0.629. The van der Waals surface area contributed by atoms with E-state index in [4.69, 9.17) is 0 Å². The molecule has 0 amide bonds. The molecular formula is C29H50S2. The topological polar surface area (TPSA) is 0 Å². The van der Waals surface area contributed by atoms with Crippen LogP contribution in [0, 0.1) is 52.3 Å². The largest absolute Gasteiger partial charge is 0.143 e. The first-order valence-corrected chi connectivity index (χ1v) is 16.0. The van der Waals surface area contributed by atoms with Crippen LogP contribution in [0.3, 0.4) is 0 Å². The molecule has 1 aliphatic heterocycles. The zero-order valence-electron chi connectivity index (χ0n) is 21.3. The molecule has 4 saturated carbocycles. The van der Waals surface area contributed by atoms with Gasteiger partial charge in [0.1, 0.15) is 0 Å². The van der Waals surface area contributed by atoms with Crippen LogP contribution in [0.4, 0.5) is 0 Å². The average Bonchev–Trinajstić information content (AvgIpc) is 3.32. The van der Waals surface area contributed by atoms with Gasteiger partial charge in [0, 0.05) is 11.5 Å². The zero-order valence-corrected chi connectivity index (χ0v) is 22.9. The summed E-state index contributed by atoms with van der Waals surface area (Å²) in [6.07, 6.45) is 18.3. The van der Waals surface area contributed by atoms with E-state index in [9.17, 15) is 0 Å². The summed E-state index contributed by atoms with van der Waals surface area (Å²) in [4.78, 5) is 0. The predicted octanol–water partition coefficient (Wildman–Crippen LogP) is 9.28. The molecule has 5 unspecified atom stereocenters. The summed E-state index contributed by atoms with van der Waals surface area (Å²) in [6, 6.07) is 0. The molecule has 5 rings (SSSR count). The number of hydrogen-bond donors (Lipinski definition) is 0. The van der Waals surface area contributed by atoms with Crippen LogP contribution < -0.4 is 0 Å². The van der Waals surface area contributed by atoms with Crippen molar-refractivity contribution >= 4 is 23.5 Å². The number of rotatable bonds is 5. The summed E-state index contributed by atoms with van der Waals surface area (Å²) in [5.41, 5.74) is 1.33. The minimum Gasteiger partial charge on any atom is -0.143 e. The molecule has 31 heavy (non-hydrogen) atoms. The van der Waals surface area contributed by atoms with Gasteiger partial charge in [0.25, 0.3) is 0 Å². The van der Waals surface area contributed by atoms with E-state index < -0.39 is 0 Å². The molecule has 1 heterocycles. The van der Waals surface area contributed by atoms with E-state index >= 15 is 0 Å². The number of fused-ring (bicyclic) bond motifs is 5. The SMILES string of the molecule is CC(C)CCCC(C)C1CCC2[C@@H]3CCC4CC5(CC[C@]4(C)C3CC[C@]12C)SCCS5. The summed E-state index contributed by atoms with van der Waals surface area (Å²) >= 11 is 4.68. The van der Waals surface area contributed by atoms with Gasteiger partial charge in [-0.15, -0.1) is 23.5 Å². The highest BCUT2D eigenvalue weighted by molar-refractivity contribution is 8.21. The maximum atomic E-state index is 2.77. The van der Waals surface area contributed by atoms with Gasteiger partial charge in [-0.05, 0) is 110 Å². The van der Waals surface area contributed by atoms with Gasteiger partial charge in [0.2, 0.25) is 0 Å². The maximum absolute atomic E-state index is 2.77. The van der Waals surface area contributed by atoms with E-state index in [-0.39, 0.29) is 0 Å². The Morgan fingerprint density at radius 2 is 1.52 bits per heavy atom. The molecular weight excluding hydrogens is 412 g/mol. The average molecular weight is 463 g/mol. The third-order valence-corrected chi connectivity index (χ3v) is 15.3. The van der Waals surface area contributed by atoms with E-state index in [0.717, 1.165) is 41.4 Å². The lowest BCUT2D eigenvalue weighted by Crippen LogP contribution is -2.55. The lowest BCUT2D eigenvalue weighted by Gasteiger charge is -2.62. The first-order chi connectivity index (χ1) is 14.8. The van der Waals surface area contributed by atoms with Crippen molar-refractivity contribution in [3.63, 3.8) is 0 Å². The lowest BCUT2D eigenvalue weighted by atomic mass is 9.44. The monoisotopic (exact) mass is 462 g/mol. The number of thioether (sulfide) groups is 2. The second-order valence-corrected chi connectivity index (χ2v) is 16.7. The Labute approximate surface area is 202 Å². The van der Waals surface area contributed by atoms with E-state index in [1.54, 1.807) is 44.9 Å². The van der Waals surface area contributed by atoms with Crippen LogP contribution in [-0.4, -0.2) is 15.6 Å². The first kappa shape index (κ1) is 23.4. The van der Waals surface area contributed by atoms with Gasteiger partial charge in [-0.3, -0.25) is 0 Å². The molecule has 178 valence electrons. The van der Waals surface area contributed by atoms with Crippen LogP contribution in [-0.2, 0) is 0 Å². The standard InChI is InChI=1S/C29H50S2/c1-20(2)7-6-8-21(3)24-11-12-25-23-10-9-22-19-29(30-17-18-31-29)16-15-27(22,4)26(23)13-14-28(24,25)5/h20-26H,6-19H2,1-5H3/t21?,22?,23-,24?,25?,26?,27-,28+/m0/s1. The molecule has 0 aromatic carbocycles. The zero-order chi connectivity index (χ0) is 21.9. The van der Waals surface area contributed by atoms with Crippen LogP contribution in [0.2, 0.25) is 0 Å². The Bertz CT molecular complexity index is 637. The third kappa shape index (κ3) is 3.98. The van der Waals surface area contributed by atoms with Crippen LogP contribution in [0.15, 0.2) is 0 Å². The van der Waals surface area contributed by atoms with Crippen molar-refractivity contribution in [2.24, 2.45) is 52.3 Å². The van der Waals surface area contributed by atoms with Gasteiger partial charge >= 0.3 is 0 Å². The second-order valence-electron chi connectivity index (χ2n) is 13.5. The summed E-state index contributed by atoms with van der Waals surface area (Å²) in [5, 5.41) is 0. The second kappa shape index (κ2) is 8.73. The highest BCUT2D eigenvalue weighted by Gasteiger charge is 2.62. The van der Waals surface area contributed by atoms with Crippen molar-refractivity contribution in [1.82, 2.24) is 0 Å². The van der Waals surface area contributed by atoms with Crippen LogP contribution >= 0.6 is 23.5 Å². The molecule has 8 atom stereocenters. The summed E-state index contributed by atoms with van der Waals surface area (Å²) in [7, 11) is 0. The van der Waals surface area contributed by atoms with Gasteiger partial charge < -0.3 is 0 Å². The fourth-order valence-corrected chi connectivity index (χ4v) is 13.4. The molecule has 0 radical (unpaired) electrons. The molecule has 0 bridgehead atoms. The van der Waals surface area contributed by atoms with Crippen molar-refractivity contribution in [2.45, 2.75) is 116 Å². The van der Waals surface area contributed by atoms with Crippen molar-refractivity contribution in [3.05, 3.63) is 0 Å². The normalized spacial score (nSPS) is 47.2. The fraction of sp³-hybridized carbons (Fsp3) is 1.00. The summed E-state index contributed by atoms with van der Waals surface area (Å²) in [5.74, 6) is 9.85. The first-order valence-electron chi connectivity index (χ1n) is 14.1. The number of hydrogen-bond acceptors (Lipinski definition) is 2. The van der Waals surface area contributed by atoms with Gasteiger partial charge in [-0.1, -0.05) is 53.9 Å². The highest BCUT2D eigenvalue weighted by atomic mass is 32.2. The van der Waals surface area contributed by atoms with Crippen molar-refractivity contribution in [2.75, 3.05) is 11.5 Å².